The smallest absolute Gasteiger partial charge is 0.497 e. The van der Waals surface area contributed by atoms with Crippen molar-refractivity contribution in [3.05, 3.63) is 54.1 Å². The SMILES string of the molecule is COc1ccc(OC)c(/C=C/C(=O)OCC(=O)Nc2ccc(OC(F)(F)F)cc2)c1. The van der Waals surface area contributed by atoms with E-state index in [9.17, 15) is 22.8 Å². The van der Waals surface area contributed by atoms with Crippen LogP contribution in [0.2, 0.25) is 0 Å². The third-order valence-corrected chi connectivity index (χ3v) is 3.55. The molecule has 7 nitrogen and oxygen atoms in total. The average Bonchev–Trinajstić information content (AvgIpc) is 2.70. The van der Waals surface area contributed by atoms with Gasteiger partial charge in [0.05, 0.1) is 14.2 Å². The fourth-order valence-electron chi connectivity index (χ4n) is 2.25. The van der Waals surface area contributed by atoms with E-state index in [1.165, 1.54) is 32.4 Å². The number of anilines is 1. The lowest BCUT2D eigenvalue weighted by molar-refractivity contribution is -0.274. The number of hydrogen-bond acceptors (Lipinski definition) is 6. The zero-order valence-electron chi connectivity index (χ0n) is 16.0. The number of ether oxygens (including phenoxy) is 4. The van der Waals surface area contributed by atoms with Crippen molar-refractivity contribution in [2.24, 2.45) is 0 Å². The number of carbonyl (C=O) groups excluding carboxylic acids is 2. The van der Waals surface area contributed by atoms with Gasteiger partial charge in [0.2, 0.25) is 0 Å². The molecule has 160 valence electrons. The Morgan fingerprint density at radius 2 is 1.67 bits per heavy atom. The van der Waals surface area contributed by atoms with Crippen LogP contribution < -0.4 is 19.5 Å². The second-order valence-electron chi connectivity index (χ2n) is 5.67. The summed E-state index contributed by atoms with van der Waals surface area (Å²) in [6.45, 7) is -0.584. The van der Waals surface area contributed by atoms with Gasteiger partial charge in [-0.3, -0.25) is 4.79 Å². The van der Waals surface area contributed by atoms with Gasteiger partial charge in [-0.1, -0.05) is 0 Å². The second kappa shape index (κ2) is 10.2. The topological polar surface area (TPSA) is 83.1 Å². The number of carbonyl (C=O) groups is 2. The quantitative estimate of drug-likeness (QED) is 0.512. The van der Waals surface area contributed by atoms with Crippen LogP contribution in [0.5, 0.6) is 17.2 Å². The zero-order chi connectivity index (χ0) is 22.1. The van der Waals surface area contributed by atoms with E-state index in [2.05, 4.69) is 10.1 Å². The van der Waals surface area contributed by atoms with Gasteiger partial charge >= 0.3 is 12.3 Å². The second-order valence-corrected chi connectivity index (χ2v) is 5.67. The zero-order valence-corrected chi connectivity index (χ0v) is 16.0. The van der Waals surface area contributed by atoms with Crippen molar-refractivity contribution in [1.29, 1.82) is 0 Å². The van der Waals surface area contributed by atoms with Crippen LogP contribution >= 0.6 is 0 Å². The number of amides is 1. The van der Waals surface area contributed by atoms with Gasteiger partial charge in [-0.2, -0.15) is 0 Å². The number of alkyl halides is 3. The molecule has 0 radical (unpaired) electrons. The summed E-state index contributed by atoms with van der Waals surface area (Å²) < 4.78 is 55.2. The first-order chi connectivity index (χ1) is 14.2. The molecule has 0 fully saturated rings. The molecular formula is C20H18F3NO6. The largest absolute Gasteiger partial charge is 0.573 e. The van der Waals surface area contributed by atoms with Crippen molar-refractivity contribution in [2.45, 2.75) is 6.36 Å². The molecule has 2 rings (SSSR count). The van der Waals surface area contributed by atoms with E-state index in [0.717, 1.165) is 18.2 Å². The van der Waals surface area contributed by atoms with E-state index >= 15 is 0 Å². The number of methoxy groups -OCH3 is 2. The van der Waals surface area contributed by atoms with Crippen LogP contribution in [0.25, 0.3) is 6.08 Å². The Labute approximate surface area is 170 Å². The van der Waals surface area contributed by atoms with Gasteiger partial charge in [0, 0.05) is 17.3 Å². The minimum absolute atomic E-state index is 0.210. The van der Waals surface area contributed by atoms with E-state index in [-0.39, 0.29) is 5.69 Å². The maximum absolute atomic E-state index is 12.1. The van der Waals surface area contributed by atoms with Crippen LogP contribution in [0.3, 0.4) is 0 Å². The lowest BCUT2D eigenvalue weighted by atomic mass is 10.1. The van der Waals surface area contributed by atoms with Gasteiger partial charge in [0.15, 0.2) is 6.61 Å². The van der Waals surface area contributed by atoms with Crippen LogP contribution in [-0.2, 0) is 14.3 Å². The van der Waals surface area contributed by atoms with Crippen LogP contribution in [0.4, 0.5) is 18.9 Å². The number of halogens is 3. The van der Waals surface area contributed by atoms with E-state index in [4.69, 9.17) is 14.2 Å². The summed E-state index contributed by atoms with van der Waals surface area (Å²) in [5.74, 6) is -0.792. The normalized spacial score (nSPS) is 11.1. The molecule has 0 bridgehead atoms. The number of rotatable bonds is 8. The Hall–Kier alpha value is -3.69. The van der Waals surface area contributed by atoms with Crippen molar-refractivity contribution < 1.29 is 41.7 Å². The predicted molar refractivity (Wildman–Crippen MR) is 101 cm³/mol. The van der Waals surface area contributed by atoms with Gasteiger partial charge in [-0.15, -0.1) is 13.2 Å². The fraction of sp³-hybridized carbons (Fsp3) is 0.200. The van der Waals surface area contributed by atoms with Gasteiger partial charge < -0.3 is 24.3 Å². The lowest BCUT2D eigenvalue weighted by Crippen LogP contribution is -2.20. The molecule has 1 amide bonds. The van der Waals surface area contributed by atoms with E-state index in [0.29, 0.717) is 17.1 Å². The van der Waals surface area contributed by atoms with E-state index in [1.807, 2.05) is 0 Å². The molecule has 0 saturated carbocycles. The fourth-order valence-corrected chi connectivity index (χ4v) is 2.25. The van der Waals surface area contributed by atoms with Crippen LogP contribution in [0.1, 0.15) is 5.56 Å². The summed E-state index contributed by atoms with van der Waals surface area (Å²) in [6, 6.07) is 9.54. The van der Waals surface area contributed by atoms with Crippen LogP contribution in [-0.4, -0.2) is 39.1 Å². The van der Waals surface area contributed by atoms with Crippen molar-refractivity contribution in [3.63, 3.8) is 0 Å². The third kappa shape index (κ3) is 7.38. The van der Waals surface area contributed by atoms with Gasteiger partial charge in [0.25, 0.3) is 5.91 Å². The van der Waals surface area contributed by atoms with Crippen molar-refractivity contribution >= 4 is 23.6 Å². The molecule has 1 N–H and O–H groups in total. The first-order valence-electron chi connectivity index (χ1n) is 8.42. The predicted octanol–water partition coefficient (Wildman–Crippen LogP) is 3.80. The Morgan fingerprint density at radius 3 is 2.27 bits per heavy atom. The highest BCUT2D eigenvalue weighted by Gasteiger charge is 2.30. The van der Waals surface area contributed by atoms with E-state index < -0.39 is 30.6 Å². The van der Waals surface area contributed by atoms with Crippen molar-refractivity contribution in [2.75, 3.05) is 26.1 Å². The van der Waals surface area contributed by atoms with E-state index in [1.54, 1.807) is 18.2 Å². The number of esters is 1. The molecule has 0 aliphatic rings. The molecule has 30 heavy (non-hydrogen) atoms. The maximum Gasteiger partial charge on any atom is 0.573 e. The number of benzene rings is 2. The monoisotopic (exact) mass is 425 g/mol. The Balaban J connectivity index is 1.86. The molecule has 0 unspecified atom stereocenters. The molecule has 0 atom stereocenters. The minimum atomic E-state index is -4.80. The Bertz CT molecular complexity index is 910. The molecule has 2 aromatic rings. The van der Waals surface area contributed by atoms with Crippen LogP contribution in [0.15, 0.2) is 48.5 Å². The average molecular weight is 425 g/mol. The maximum atomic E-state index is 12.1. The van der Waals surface area contributed by atoms with Gasteiger partial charge in [0.1, 0.15) is 17.2 Å². The molecular weight excluding hydrogens is 407 g/mol. The molecule has 0 aromatic heterocycles. The van der Waals surface area contributed by atoms with Gasteiger partial charge in [-0.25, -0.2) is 4.79 Å². The minimum Gasteiger partial charge on any atom is -0.497 e. The first kappa shape index (κ1) is 22.6. The highest BCUT2D eigenvalue weighted by Crippen LogP contribution is 2.25. The summed E-state index contributed by atoms with van der Waals surface area (Å²) in [4.78, 5) is 23.6. The van der Waals surface area contributed by atoms with Crippen molar-refractivity contribution in [1.82, 2.24) is 0 Å². The summed E-state index contributed by atoms with van der Waals surface area (Å²) in [5.41, 5.74) is 0.779. The summed E-state index contributed by atoms with van der Waals surface area (Å²) in [7, 11) is 2.97. The molecule has 2 aromatic carbocycles. The first-order valence-corrected chi connectivity index (χ1v) is 8.42. The Kier molecular flexibility index (Phi) is 7.68. The third-order valence-electron chi connectivity index (χ3n) is 3.55. The molecule has 0 spiro atoms. The molecule has 0 aliphatic carbocycles. The number of hydrogen-bond donors (Lipinski definition) is 1. The molecule has 10 heteroatoms. The summed E-state index contributed by atoms with van der Waals surface area (Å²) in [5, 5.41) is 2.38. The Morgan fingerprint density at radius 1 is 1.00 bits per heavy atom. The van der Waals surface area contributed by atoms with Crippen LogP contribution in [0, 0.1) is 0 Å². The van der Waals surface area contributed by atoms with Crippen molar-refractivity contribution in [3.8, 4) is 17.2 Å². The molecule has 0 heterocycles. The number of nitrogens with one attached hydrogen (secondary N) is 1. The standard InChI is InChI=1S/C20H18F3NO6/c1-27-16-8-9-17(28-2)13(11-16)3-10-19(26)29-12-18(25)24-14-4-6-15(7-5-14)30-20(21,22)23/h3-11H,12H2,1-2H3,(H,24,25)/b10-3+. The van der Waals surface area contributed by atoms with Gasteiger partial charge in [-0.05, 0) is 48.5 Å². The molecule has 0 aliphatic heterocycles. The highest BCUT2D eigenvalue weighted by molar-refractivity contribution is 5.94. The summed E-state index contributed by atoms with van der Waals surface area (Å²) in [6.07, 6.45) is -2.24. The lowest BCUT2D eigenvalue weighted by Gasteiger charge is -2.10. The molecule has 0 saturated heterocycles. The summed E-state index contributed by atoms with van der Waals surface area (Å²) >= 11 is 0. The highest BCUT2D eigenvalue weighted by atomic mass is 19.4.